The minimum absolute atomic E-state index is 0.0638. The monoisotopic (exact) mass is 277 g/mol. The molecule has 108 valence electrons. The molecule has 0 aliphatic carbocycles. The number of para-hydroxylation sites is 1. The zero-order chi connectivity index (χ0) is 14.5. The van der Waals surface area contributed by atoms with E-state index in [4.69, 9.17) is 9.47 Å². The lowest BCUT2D eigenvalue weighted by Crippen LogP contribution is -2.43. The molecule has 0 amide bonds. The summed E-state index contributed by atoms with van der Waals surface area (Å²) in [5.41, 5.74) is 1.95. The fraction of sp³-hybridized carbons (Fsp3) is 0.467. The van der Waals surface area contributed by atoms with E-state index in [1.165, 1.54) is 0 Å². The lowest BCUT2D eigenvalue weighted by molar-refractivity contribution is -0.145. The van der Waals surface area contributed by atoms with Crippen LogP contribution in [-0.2, 0) is 25.5 Å². The van der Waals surface area contributed by atoms with Crippen LogP contribution in [0.3, 0.4) is 0 Å². The molecule has 1 aliphatic rings. The zero-order valence-electron chi connectivity index (χ0n) is 11.8. The summed E-state index contributed by atoms with van der Waals surface area (Å²) in [4.78, 5) is 25.5. The summed E-state index contributed by atoms with van der Waals surface area (Å²) in [6.45, 7) is 4.26. The van der Waals surface area contributed by atoms with E-state index >= 15 is 0 Å². The molecule has 0 fully saturated rings. The maximum Gasteiger partial charge on any atom is 0.329 e. The van der Waals surface area contributed by atoms with Crippen molar-refractivity contribution < 1.29 is 19.1 Å². The second-order valence-corrected chi connectivity index (χ2v) is 4.53. The zero-order valence-corrected chi connectivity index (χ0v) is 11.8. The Kier molecular flexibility index (Phi) is 4.61. The standard InChI is InChI=1S/C15H19NO4/c1-3-19-14(17)10-16-12-8-6-5-7-11(12)9-13(16)15(18)20-4-2/h5-8,13H,3-4,9-10H2,1-2H3. The molecule has 1 aromatic rings. The minimum Gasteiger partial charge on any atom is -0.465 e. The molecule has 1 heterocycles. The maximum absolute atomic E-state index is 12.0. The van der Waals surface area contributed by atoms with Crippen LogP contribution >= 0.6 is 0 Å². The molecule has 0 N–H and O–H groups in total. The molecule has 5 nitrogen and oxygen atoms in total. The summed E-state index contributed by atoms with van der Waals surface area (Å²) in [6, 6.07) is 7.25. The van der Waals surface area contributed by atoms with Gasteiger partial charge in [-0.2, -0.15) is 0 Å². The average molecular weight is 277 g/mol. The van der Waals surface area contributed by atoms with Gasteiger partial charge in [-0.15, -0.1) is 0 Å². The number of anilines is 1. The summed E-state index contributed by atoms with van der Waals surface area (Å²) in [6.07, 6.45) is 0.564. The van der Waals surface area contributed by atoms with Crippen LogP contribution < -0.4 is 4.90 Å². The predicted octanol–water partition coefficient (Wildman–Crippen LogP) is 1.54. The highest BCUT2D eigenvalue weighted by molar-refractivity contribution is 5.87. The van der Waals surface area contributed by atoms with E-state index in [1.54, 1.807) is 18.7 Å². The molecule has 1 aromatic carbocycles. The van der Waals surface area contributed by atoms with Gasteiger partial charge in [-0.25, -0.2) is 4.79 Å². The van der Waals surface area contributed by atoms with Gasteiger partial charge >= 0.3 is 11.9 Å². The quantitative estimate of drug-likeness (QED) is 0.764. The smallest absolute Gasteiger partial charge is 0.329 e. The van der Waals surface area contributed by atoms with Crippen molar-refractivity contribution in [1.82, 2.24) is 0 Å². The molecule has 0 spiro atoms. The largest absolute Gasteiger partial charge is 0.465 e. The SMILES string of the molecule is CCOC(=O)CN1c2ccccc2CC1C(=O)OCC. The number of ether oxygens (including phenoxy) is 2. The lowest BCUT2D eigenvalue weighted by Gasteiger charge is -2.24. The Morgan fingerprint density at radius 1 is 1.20 bits per heavy atom. The van der Waals surface area contributed by atoms with Crippen LogP contribution in [0.15, 0.2) is 24.3 Å². The van der Waals surface area contributed by atoms with Gasteiger partial charge in [0.25, 0.3) is 0 Å². The molecule has 1 aliphatic heterocycles. The molecule has 20 heavy (non-hydrogen) atoms. The molecular formula is C15H19NO4. The van der Waals surface area contributed by atoms with Crippen LogP contribution in [0.25, 0.3) is 0 Å². The molecular weight excluding hydrogens is 258 g/mol. The van der Waals surface area contributed by atoms with Crippen molar-refractivity contribution in [3.63, 3.8) is 0 Å². The van der Waals surface area contributed by atoms with E-state index in [1.807, 2.05) is 24.3 Å². The highest BCUT2D eigenvalue weighted by atomic mass is 16.5. The Morgan fingerprint density at radius 3 is 2.60 bits per heavy atom. The Balaban J connectivity index is 2.21. The molecule has 2 rings (SSSR count). The summed E-state index contributed by atoms with van der Waals surface area (Å²) in [5.74, 6) is -0.633. The van der Waals surface area contributed by atoms with Crippen molar-refractivity contribution in [2.45, 2.75) is 26.3 Å². The second kappa shape index (κ2) is 6.41. The third-order valence-corrected chi connectivity index (χ3v) is 3.25. The molecule has 0 saturated heterocycles. The van der Waals surface area contributed by atoms with Gasteiger partial charge in [0.05, 0.1) is 13.2 Å². The molecule has 0 aromatic heterocycles. The van der Waals surface area contributed by atoms with Crippen molar-refractivity contribution >= 4 is 17.6 Å². The number of fused-ring (bicyclic) bond motifs is 1. The second-order valence-electron chi connectivity index (χ2n) is 4.53. The van der Waals surface area contributed by atoms with Gasteiger partial charge in [-0.1, -0.05) is 18.2 Å². The van der Waals surface area contributed by atoms with Crippen molar-refractivity contribution in [2.24, 2.45) is 0 Å². The van der Waals surface area contributed by atoms with Gasteiger partial charge in [-0.3, -0.25) is 4.79 Å². The van der Waals surface area contributed by atoms with E-state index in [-0.39, 0.29) is 18.5 Å². The van der Waals surface area contributed by atoms with Crippen LogP contribution in [0.1, 0.15) is 19.4 Å². The summed E-state index contributed by atoms with van der Waals surface area (Å²) in [5, 5.41) is 0. The molecule has 1 atom stereocenters. The van der Waals surface area contributed by atoms with Gasteiger partial charge in [0.1, 0.15) is 12.6 Å². The number of hydrogen-bond donors (Lipinski definition) is 0. The normalized spacial score (nSPS) is 16.7. The van der Waals surface area contributed by atoms with Gasteiger partial charge < -0.3 is 14.4 Å². The number of benzene rings is 1. The Hall–Kier alpha value is -2.04. The summed E-state index contributed by atoms with van der Waals surface area (Å²) in [7, 11) is 0. The first-order chi connectivity index (χ1) is 9.67. The van der Waals surface area contributed by atoms with Gasteiger partial charge in [0.2, 0.25) is 0 Å². The van der Waals surface area contributed by atoms with Crippen LogP contribution in [0, 0.1) is 0 Å². The van der Waals surface area contributed by atoms with Gasteiger partial charge in [0.15, 0.2) is 0 Å². The summed E-state index contributed by atoms with van der Waals surface area (Å²) < 4.78 is 10.1. The highest BCUT2D eigenvalue weighted by Crippen LogP contribution is 2.32. The van der Waals surface area contributed by atoms with E-state index in [0.29, 0.717) is 19.6 Å². The first kappa shape index (κ1) is 14.4. The van der Waals surface area contributed by atoms with Gasteiger partial charge in [-0.05, 0) is 25.5 Å². The summed E-state index contributed by atoms with van der Waals surface area (Å²) >= 11 is 0. The first-order valence-electron chi connectivity index (χ1n) is 6.84. The predicted molar refractivity (Wildman–Crippen MR) is 74.5 cm³/mol. The lowest BCUT2D eigenvalue weighted by atomic mass is 10.1. The Morgan fingerprint density at radius 2 is 1.90 bits per heavy atom. The van der Waals surface area contributed by atoms with Crippen molar-refractivity contribution in [1.29, 1.82) is 0 Å². The Labute approximate surface area is 118 Å². The molecule has 0 saturated carbocycles. The van der Waals surface area contributed by atoms with E-state index < -0.39 is 6.04 Å². The number of nitrogens with zero attached hydrogens (tertiary/aromatic N) is 1. The number of hydrogen-bond acceptors (Lipinski definition) is 5. The third kappa shape index (κ3) is 2.92. The van der Waals surface area contributed by atoms with Crippen LogP contribution in [0.2, 0.25) is 0 Å². The van der Waals surface area contributed by atoms with Crippen molar-refractivity contribution in [3.8, 4) is 0 Å². The Bertz CT molecular complexity index is 500. The topological polar surface area (TPSA) is 55.8 Å². The minimum atomic E-state index is -0.447. The van der Waals surface area contributed by atoms with E-state index in [2.05, 4.69) is 0 Å². The number of carbonyl (C=O) groups excluding carboxylic acids is 2. The fourth-order valence-corrected chi connectivity index (χ4v) is 2.44. The van der Waals surface area contributed by atoms with Crippen LogP contribution in [0.4, 0.5) is 5.69 Å². The first-order valence-corrected chi connectivity index (χ1v) is 6.84. The number of carbonyl (C=O) groups is 2. The number of rotatable bonds is 5. The van der Waals surface area contributed by atoms with Gasteiger partial charge in [0, 0.05) is 12.1 Å². The van der Waals surface area contributed by atoms with Crippen molar-refractivity contribution in [3.05, 3.63) is 29.8 Å². The molecule has 5 heteroatoms. The average Bonchev–Trinajstić information content (AvgIpc) is 2.78. The maximum atomic E-state index is 12.0. The van der Waals surface area contributed by atoms with Crippen molar-refractivity contribution in [2.75, 3.05) is 24.7 Å². The fourth-order valence-electron chi connectivity index (χ4n) is 2.44. The van der Waals surface area contributed by atoms with E-state index in [0.717, 1.165) is 11.3 Å². The molecule has 1 unspecified atom stereocenters. The highest BCUT2D eigenvalue weighted by Gasteiger charge is 2.36. The molecule has 0 radical (unpaired) electrons. The van der Waals surface area contributed by atoms with Crippen LogP contribution in [-0.4, -0.2) is 37.7 Å². The van der Waals surface area contributed by atoms with Crippen LogP contribution in [0.5, 0.6) is 0 Å². The molecule has 0 bridgehead atoms. The number of esters is 2. The van der Waals surface area contributed by atoms with E-state index in [9.17, 15) is 9.59 Å². The third-order valence-electron chi connectivity index (χ3n) is 3.25.